The summed E-state index contributed by atoms with van der Waals surface area (Å²) in [5.41, 5.74) is 5.85. The molecule has 26 heavy (non-hydrogen) atoms. The van der Waals surface area contributed by atoms with Crippen LogP contribution >= 0.6 is 0 Å². The number of fused-ring (bicyclic) bond motifs is 2. The molecule has 2 aliphatic rings. The first-order chi connectivity index (χ1) is 12.8. The van der Waals surface area contributed by atoms with Gasteiger partial charge in [0.15, 0.2) is 11.5 Å². The Morgan fingerprint density at radius 3 is 2.92 bits per heavy atom. The first-order valence-electron chi connectivity index (χ1n) is 9.14. The third-order valence-electron chi connectivity index (χ3n) is 5.16. The first-order valence-corrected chi connectivity index (χ1v) is 9.14. The van der Waals surface area contributed by atoms with Crippen molar-refractivity contribution >= 4 is 11.0 Å². The first kappa shape index (κ1) is 15.5. The second-order valence-corrected chi connectivity index (χ2v) is 6.95. The lowest BCUT2D eigenvalue weighted by molar-refractivity contribution is 0.174. The van der Waals surface area contributed by atoms with E-state index in [2.05, 4.69) is 28.8 Å². The Labute approximate surface area is 151 Å². The largest absolute Gasteiger partial charge is 0.492 e. The number of nitrogens with one attached hydrogen (secondary N) is 1. The van der Waals surface area contributed by atoms with Gasteiger partial charge in [-0.3, -0.25) is 0 Å². The number of hydrogen-bond acceptors (Lipinski definition) is 5. The van der Waals surface area contributed by atoms with Crippen LogP contribution in [-0.2, 0) is 6.42 Å². The van der Waals surface area contributed by atoms with E-state index in [-0.39, 0.29) is 6.79 Å². The van der Waals surface area contributed by atoms with E-state index in [0.717, 1.165) is 52.5 Å². The van der Waals surface area contributed by atoms with Crippen molar-refractivity contribution in [2.75, 3.05) is 13.4 Å². The molecule has 3 heterocycles. The molecule has 1 N–H and O–H groups in total. The molecule has 1 aliphatic carbocycles. The number of rotatable bonds is 5. The second kappa shape index (κ2) is 5.90. The van der Waals surface area contributed by atoms with Gasteiger partial charge in [0.05, 0.1) is 23.2 Å². The van der Waals surface area contributed by atoms with Crippen LogP contribution in [0.3, 0.4) is 0 Å². The smallest absolute Gasteiger partial charge is 0.231 e. The maximum Gasteiger partial charge on any atom is 0.231 e. The fourth-order valence-electron chi connectivity index (χ4n) is 3.59. The molecule has 0 unspecified atom stereocenters. The van der Waals surface area contributed by atoms with Crippen LogP contribution in [0, 0.1) is 12.8 Å². The lowest BCUT2D eigenvalue weighted by atomic mass is 10.1. The van der Waals surface area contributed by atoms with E-state index in [0.29, 0.717) is 11.7 Å². The van der Waals surface area contributed by atoms with E-state index in [1.165, 1.54) is 18.4 Å². The number of benzene rings is 1. The van der Waals surface area contributed by atoms with E-state index >= 15 is 0 Å². The fourth-order valence-corrected chi connectivity index (χ4v) is 3.59. The van der Waals surface area contributed by atoms with Crippen molar-refractivity contribution in [2.45, 2.75) is 33.1 Å². The highest BCUT2D eigenvalue weighted by Gasteiger charge is 2.28. The summed E-state index contributed by atoms with van der Waals surface area (Å²) in [5.74, 6) is 2.87. The van der Waals surface area contributed by atoms with Crippen molar-refractivity contribution in [1.29, 1.82) is 0 Å². The van der Waals surface area contributed by atoms with Crippen LogP contribution in [0.2, 0.25) is 0 Å². The minimum Gasteiger partial charge on any atom is -0.492 e. The lowest BCUT2D eigenvalue weighted by Gasteiger charge is -2.13. The lowest BCUT2D eigenvalue weighted by Crippen LogP contribution is -2.02. The average Bonchev–Trinajstić information content (AvgIpc) is 3.25. The van der Waals surface area contributed by atoms with Crippen molar-refractivity contribution in [1.82, 2.24) is 15.0 Å². The van der Waals surface area contributed by atoms with Crippen LogP contribution in [0.4, 0.5) is 0 Å². The molecular formula is C20H21N3O3. The number of nitrogens with zero attached hydrogens (tertiary/aromatic N) is 2. The summed E-state index contributed by atoms with van der Waals surface area (Å²) < 4.78 is 17.5. The molecule has 6 heteroatoms. The molecule has 3 aromatic rings. The summed E-state index contributed by atoms with van der Waals surface area (Å²) in [6.45, 7) is 5.15. The normalized spacial score (nSPS) is 15.6. The van der Waals surface area contributed by atoms with E-state index in [9.17, 15) is 0 Å². The summed E-state index contributed by atoms with van der Waals surface area (Å²) in [4.78, 5) is 12.6. The minimum atomic E-state index is 0.215. The predicted octanol–water partition coefficient (Wildman–Crippen LogP) is 4.01. The molecule has 6 nitrogen and oxygen atoms in total. The van der Waals surface area contributed by atoms with E-state index in [4.69, 9.17) is 14.2 Å². The highest BCUT2D eigenvalue weighted by atomic mass is 16.7. The molecule has 0 radical (unpaired) electrons. The number of ether oxygens (including phenoxy) is 3. The zero-order chi connectivity index (χ0) is 17.7. The van der Waals surface area contributed by atoms with E-state index in [1.807, 2.05) is 12.1 Å². The zero-order valence-electron chi connectivity index (χ0n) is 15.0. The Morgan fingerprint density at radius 1 is 1.23 bits per heavy atom. The SMILES string of the molecule is CCc1c(C)[nH]c2c(-c3c(OCC4CC4)ccc4c3OCO4)ncnc12. The molecule has 1 aliphatic heterocycles. The monoisotopic (exact) mass is 351 g/mol. The third kappa shape index (κ3) is 2.40. The molecule has 0 saturated heterocycles. The molecule has 134 valence electrons. The van der Waals surface area contributed by atoms with Crippen LogP contribution < -0.4 is 14.2 Å². The molecule has 1 saturated carbocycles. The van der Waals surface area contributed by atoms with Crippen molar-refractivity contribution in [3.63, 3.8) is 0 Å². The molecule has 1 aromatic carbocycles. The summed E-state index contributed by atoms with van der Waals surface area (Å²) in [6.07, 6.45) is 5.02. The van der Waals surface area contributed by atoms with Gasteiger partial charge in [-0.25, -0.2) is 9.97 Å². The van der Waals surface area contributed by atoms with E-state index in [1.54, 1.807) is 6.33 Å². The van der Waals surface area contributed by atoms with Gasteiger partial charge in [-0.1, -0.05) is 6.92 Å². The van der Waals surface area contributed by atoms with Gasteiger partial charge < -0.3 is 19.2 Å². The summed E-state index contributed by atoms with van der Waals surface area (Å²) in [7, 11) is 0. The van der Waals surface area contributed by atoms with Crippen LogP contribution in [0.15, 0.2) is 18.5 Å². The van der Waals surface area contributed by atoms with Gasteiger partial charge in [0.2, 0.25) is 6.79 Å². The van der Waals surface area contributed by atoms with Gasteiger partial charge in [-0.2, -0.15) is 0 Å². The maximum absolute atomic E-state index is 6.14. The van der Waals surface area contributed by atoms with Crippen molar-refractivity contribution in [3.05, 3.63) is 29.7 Å². The number of aromatic amines is 1. The Morgan fingerprint density at radius 2 is 2.12 bits per heavy atom. The number of aryl methyl sites for hydroxylation is 2. The van der Waals surface area contributed by atoms with Crippen LogP contribution in [0.5, 0.6) is 17.2 Å². The van der Waals surface area contributed by atoms with Gasteiger partial charge in [0.1, 0.15) is 17.8 Å². The molecular weight excluding hydrogens is 330 g/mol. The quantitative estimate of drug-likeness (QED) is 0.752. The predicted molar refractivity (Wildman–Crippen MR) is 97.8 cm³/mol. The Hall–Kier alpha value is -2.76. The van der Waals surface area contributed by atoms with Gasteiger partial charge >= 0.3 is 0 Å². The Bertz CT molecular complexity index is 992. The standard InChI is InChI=1S/C20H21N3O3/c1-3-13-11(2)23-19-17(13)21-9-22-18(19)16-14(24-8-12-4-5-12)6-7-15-20(16)26-10-25-15/h6-7,9,12,23H,3-5,8,10H2,1-2H3. The van der Waals surface area contributed by atoms with Gasteiger partial charge in [0, 0.05) is 5.69 Å². The highest BCUT2D eigenvalue weighted by Crippen LogP contribution is 2.48. The van der Waals surface area contributed by atoms with Gasteiger partial charge in [-0.15, -0.1) is 0 Å². The van der Waals surface area contributed by atoms with Crippen molar-refractivity contribution in [2.24, 2.45) is 5.92 Å². The Balaban J connectivity index is 1.71. The number of H-pyrrole nitrogens is 1. The van der Waals surface area contributed by atoms with Crippen molar-refractivity contribution in [3.8, 4) is 28.5 Å². The summed E-state index contributed by atoms with van der Waals surface area (Å²) >= 11 is 0. The summed E-state index contributed by atoms with van der Waals surface area (Å²) in [5, 5.41) is 0. The summed E-state index contributed by atoms with van der Waals surface area (Å²) in [6, 6.07) is 3.86. The molecule has 5 rings (SSSR count). The second-order valence-electron chi connectivity index (χ2n) is 6.95. The van der Waals surface area contributed by atoms with E-state index < -0.39 is 0 Å². The minimum absolute atomic E-state index is 0.215. The fraction of sp³-hybridized carbons (Fsp3) is 0.400. The third-order valence-corrected chi connectivity index (χ3v) is 5.16. The van der Waals surface area contributed by atoms with Crippen LogP contribution in [-0.4, -0.2) is 28.4 Å². The van der Waals surface area contributed by atoms with Gasteiger partial charge in [0.25, 0.3) is 0 Å². The molecule has 1 fully saturated rings. The molecule has 0 amide bonds. The molecule has 0 spiro atoms. The maximum atomic E-state index is 6.14. The number of aromatic nitrogens is 3. The van der Waals surface area contributed by atoms with Crippen molar-refractivity contribution < 1.29 is 14.2 Å². The molecule has 0 bridgehead atoms. The molecule has 2 aromatic heterocycles. The Kier molecular flexibility index (Phi) is 3.51. The van der Waals surface area contributed by atoms with Gasteiger partial charge in [-0.05, 0) is 49.8 Å². The highest BCUT2D eigenvalue weighted by molar-refractivity contribution is 5.96. The zero-order valence-corrected chi connectivity index (χ0v) is 15.0. The topological polar surface area (TPSA) is 69.3 Å². The van der Waals surface area contributed by atoms with Crippen LogP contribution in [0.25, 0.3) is 22.3 Å². The molecule has 0 atom stereocenters. The van der Waals surface area contributed by atoms with Crippen LogP contribution in [0.1, 0.15) is 31.0 Å². The number of hydrogen-bond donors (Lipinski definition) is 1. The average molecular weight is 351 g/mol.